The largest absolute Gasteiger partial charge is 0.479 e. The van der Waals surface area contributed by atoms with E-state index in [-0.39, 0.29) is 29.5 Å². The number of benzene rings is 2. The third-order valence-corrected chi connectivity index (χ3v) is 5.20. The Labute approximate surface area is 193 Å². The van der Waals surface area contributed by atoms with Crippen LogP contribution in [0.5, 0.6) is 5.75 Å². The molecule has 0 saturated carbocycles. The first kappa shape index (κ1) is 22.6. The first-order chi connectivity index (χ1) is 16.3. The van der Waals surface area contributed by atoms with E-state index in [1.54, 1.807) is 24.3 Å². The van der Waals surface area contributed by atoms with Crippen LogP contribution in [0.4, 0.5) is 4.79 Å². The monoisotopic (exact) mass is 464 g/mol. The van der Waals surface area contributed by atoms with Gasteiger partial charge in [-0.05, 0) is 42.0 Å². The highest BCUT2D eigenvalue weighted by Gasteiger charge is 2.35. The summed E-state index contributed by atoms with van der Waals surface area (Å²) in [5.74, 6) is -2.03. The lowest BCUT2D eigenvalue weighted by molar-refractivity contribution is -0.144. The predicted octanol–water partition coefficient (Wildman–Crippen LogP) is 3.16. The van der Waals surface area contributed by atoms with Gasteiger partial charge in [-0.3, -0.25) is 9.69 Å². The summed E-state index contributed by atoms with van der Waals surface area (Å²) in [6.07, 6.45) is 0.320. The summed E-state index contributed by atoms with van der Waals surface area (Å²) in [7, 11) is 1.21. The van der Waals surface area contributed by atoms with Crippen molar-refractivity contribution in [3.05, 3.63) is 71.3 Å². The lowest BCUT2D eigenvalue weighted by Crippen LogP contribution is -2.30. The van der Waals surface area contributed by atoms with Crippen LogP contribution in [0.3, 0.4) is 0 Å². The average molecular weight is 464 g/mol. The van der Waals surface area contributed by atoms with Gasteiger partial charge in [0.2, 0.25) is 5.76 Å². The van der Waals surface area contributed by atoms with Crippen molar-refractivity contribution in [3.63, 3.8) is 0 Å². The molecule has 1 atom stereocenters. The number of carbonyl (C=O) groups is 4. The van der Waals surface area contributed by atoms with E-state index in [0.717, 1.165) is 10.3 Å². The smallest absolute Gasteiger partial charge is 0.373 e. The van der Waals surface area contributed by atoms with Gasteiger partial charge in [-0.2, -0.15) is 0 Å². The molecular formula is C24H20N2O8. The van der Waals surface area contributed by atoms with E-state index in [2.05, 4.69) is 10.1 Å². The number of nitrogens with zero attached hydrogens (tertiary/aromatic N) is 1. The molecule has 3 aromatic rings. The van der Waals surface area contributed by atoms with Gasteiger partial charge >= 0.3 is 18.0 Å². The molecule has 2 heterocycles. The number of esters is 1. The van der Waals surface area contributed by atoms with Crippen LogP contribution in [-0.2, 0) is 20.9 Å². The number of methoxy groups -OCH3 is 1. The maximum Gasteiger partial charge on any atom is 0.373 e. The summed E-state index contributed by atoms with van der Waals surface area (Å²) in [4.78, 5) is 49.3. The number of hydrogen-bond donors (Lipinski definition) is 2. The van der Waals surface area contributed by atoms with Crippen molar-refractivity contribution in [3.8, 4) is 5.75 Å². The van der Waals surface area contributed by atoms with Crippen LogP contribution in [0, 0.1) is 0 Å². The number of ether oxygens (including phenoxy) is 2. The normalized spacial score (nSPS) is 15.5. The van der Waals surface area contributed by atoms with Crippen LogP contribution in [0.25, 0.3) is 16.8 Å². The van der Waals surface area contributed by atoms with Gasteiger partial charge in [0.25, 0.3) is 5.91 Å². The van der Waals surface area contributed by atoms with Gasteiger partial charge in [-0.15, -0.1) is 0 Å². The minimum absolute atomic E-state index is 0.0195. The molecule has 0 bridgehead atoms. The van der Waals surface area contributed by atoms with E-state index in [4.69, 9.17) is 9.15 Å². The molecule has 1 aliphatic heterocycles. The number of carbonyl (C=O) groups excluding carboxylic acids is 3. The number of furan rings is 1. The van der Waals surface area contributed by atoms with Crippen LogP contribution in [0.2, 0.25) is 0 Å². The molecule has 1 fully saturated rings. The van der Waals surface area contributed by atoms with Crippen molar-refractivity contribution in [2.45, 2.75) is 19.6 Å². The lowest BCUT2D eigenvalue weighted by Gasteiger charge is -2.15. The predicted molar refractivity (Wildman–Crippen MR) is 119 cm³/mol. The van der Waals surface area contributed by atoms with Gasteiger partial charge in [0.15, 0.2) is 6.10 Å². The van der Waals surface area contributed by atoms with E-state index in [1.807, 2.05) is 12.1 Å². The molecule has 3 amide bonds. The van der Waals surface area contributed by atoms with E-state index in [1.165, 1.54) is 32.2 Å². The summed E-state index contributed by atoms with van der Waals surface area (Å²) in [6, 6.07) is 12.9. The molecule has 174 valence electrons. The number of aliphatic carboxylic acids is 1. The van der Waals surface area contributed by atoms with Crippen LogP contribution in [-0.4, -0.2) is 47.1 Å². The number of urea groups is 1. The molecule has 1 saturated heterocycles. The van der Waals surface area contributed by atoms with Gasteiger partial charge in [0.05, 0.1) is 13.7 Å². The molecule has 2 N–H and O–H groups in total. The highest BCUT2D eigenvalue weighted by atomic mass is 16.5. The molecule has 0 aliphatic carbocycles. The van der Waals surface area contributed by atoms with Crippen molar-refractivity contribution >= 4 is 40.7 Å². The first-order valence-electron chi connectivity index (χ1n) is 10.2. The Morgan fingerprint density at radius 3 is 2.65 bits per heavy atom. The van der Waals surface area contributed by atoms with E-state index in [9.17, 15) is 24.3 Å². The van der Waals surface area contributed by atoms with Crippen molar-refractivity contribution in [2.75, 3.05) is 7.11 Å². The number of amides is 3. The molecular weight excluding hydrogens is 444 g/mol. The SMILES string of the molecule is COC(=O)c1ccc(CN2C(=O)N/C(=C\c3c(O[C@H](C)C(=O)O)ccc4ccccc34)C2=O)o1. The van der Waals surface area contributed by atoms with Crippen molar-refractivity contribution in [1.82, 2.24) is 10.2 Å². The minimum Gasteiger partial charge on any atom is -0.479 e. The zero-order chi connectivity index (χ0) is 24.4. The summed E-state index contributed by atoms with van der Waals surface area (Å²) in [6.45, 7) is 1.19. The second kappa shape index (κ2) is 9.10. The molecule has 1 aliphatic rings. The first-order valence-corrected chi connectivity index (χ1v) is 10.2. The van der Waals surface area contributed by atoms with E-state index >= 15 is 0 Å². The van der Waals surface area contributed by atoms with Crippen LogP contribution < -0.4 is 10.1 Å². The minimum atomic E-state index is -1.15. The molecule has 2 aromatic carbocycles. The Morgan fingerprint density at radius 2 is 1.91 bits per heavy atom. The number of imide groups is 1. The second-order valence-corrected chi connectivity index (χ2v) is 7.43. The Kier molecular flexibility index (Phi) is 6.05. The lowest BCUT2D eigenvalue weighted by atomic mass is 10.0. The maximum atomic E-state index is 13.0. The van der Waals surface area contributed by atoms with Crippen LogP contribution >= 0.6 is 0 Å². The quantitative estimate of drug-likeness (QED) is 0.309. The molecule has 34 heavy (non-hydrogen) atoms. The number of carboxylic acids is 1. The molecule has 0 spiro atoms. The van der Waals surface area contributed by atoms with E-state index in [0.29, 0.717) is 10.9 Å². The summed E-state index contributed by atoms with van der Waals surface area (Å²) >= 11 is 0. The van der Waals surface area contributed by atoms with Gasteiger partial charge in [0, 0.05) is 5.56 Å². The van der Waals surface area contributed by atoms with Crippen molar-refractivity contribution in [1.29, 1.82) is 0 Å². The summed E-state index contributed by atoms with van der Waals surface area (Å²) in [5.41, 5.74) is 0.427. The Hall–Kier alpha value is -4.60. The maximum absolute atomic E-state index is 13.0. The highest BCUT2D eigenvalue weighted by molar-refractivity contribution is 6.14. The fourth-order valence-corrected chi connectivity index (χ4v) is 3.46. The zero-order valence-corrected chi connectivity index (χ0v) is 18.2. The topological polar surface area (TPSA) is 135 Å². The molecule has 0 radical (unpaired) electrons. The fourth-order valence-electron chi connectivity index (χ4n) is 3.46. The van der Waals surface area contributed by atoms with Crippen molar-refractivity contribution in [2.24, 2.45) is 0 Å². The van der Waals surface area contributed by atoms with Crippen LogP contribution in [0.1, 0.15) is 28.8 Å². The Morgan fingerprint density at radius 1 is 1.15 bits per heavy atom. The highest BCUT2D eigenvalue weighted by Crippen LogP contribution is 2.32. The molecule has 10 nitrogen and oxygen atoms in total. The van der Waals surface area contributed by atoms with Gasteiger partial charge in [-0.1, -0.05) is 30.3 Å². The number of rotatable bonds is 7. The van der Waals surface area contributed by atoms with Crippen LogP contribution in [0.15, 0.2) is 58.6 Å². The average Bonchev–Trinajstić information content (AvgIpc) is 3.40. The number of carboxylic acid groups (broad SMARTS) is 1. The van der Waals surface area contributed by atoms with Gasteiger partial charge in [-0.25, -0.2) is 14.4 Å². The van der Waals surface area contributed by atoms with Crippen molar-refractivity contribution < 1.29 is 38.2 Å². The summed E-state index contributed by atoms with van der Waals surface area (Å²) < 4.78 is 15.5. The van der Waals surface area contributed by atoms with Gasteiger partial charge < -0.3 is 24.3 Å². The number of fused-ring (bicyclic) bond motifs is 1. The number of nitrogens with one attached hydrogen (secondary N) is 1. The zero-order valence-electron chi connectivity index (χ0n) is 18.2. The molecule has 0 unspecified atom stereocenters. The van der Waals surface area contributed by atoms with E-state index < -0.39 is 30.0 Å². The Balaban J connectivity index is 1.67. The number of hydrogen-bond acceptors (Lipinski definition) is 7. The molecule has 1 aromatic heterocycles. The Bertz CT molecular complexity index is 1340. The second-order valence-electron chi connectivity index (χ2n) is 7.43. The standard InChI is InChI=1S/C24H20N2O8/c1-13(22(28)29)33-19-9-7-14-5-3-4-6-16(14)17(19)11-18-21(27)26(24(31)25-18)12-15-8-10-20(34-15)23(30)32-2/h3-11,13H,12H2,1-2H3,(H,25,31)(H,28,29)/b18-11-/t13-/m1/s1. The van der Waals surface area contributed by atoms with Gasteiger partial charge in [0.1, 0.15) is 17.2 Å². The fraction of sp³-hybridized carbons (Fsp3) is 0.167. The summed E-state index contributed by atoms with van der Waals surface area (Å²) in [5, 5.41) is 13.3. The third-order valence-electron chi connectivity index (χ3n) is 5.20. The molecule has 10 heteroatoms. The third kappa shape index (κ3) is 4.33. The molecule has 4 rings (SSSR count).